The van der Waals surface area contributed by atoms with E-state index in [4.69, 9.17) is 13.7 Å². The standard InChI is InChI=1S/C19H28N4O4/c1-3-4-17-21-19(27-22-17)8-7-18(24)20-13-15(16-6-5-14(2)26-16)23-9-11-25-12-10-23/h5-6,15H,3-4,7-13H2,1-2H3,(H,20,24). The molecule has 27 heavy (non-hydrogen) atoms. The molecule has 1 saturated heterocycles. The van der Waals surface area contributed by atoms with Crippen LogP contribution < -0.4 is 5.32 Å². The first-order valence-electron chi connectivity index (χ1n) is 9.62. The predicted octanol–water partition coefficient (Wildman–Crippen LogP) is 2.05. The highest BCUT2D eigenvalue weighted by atomic mass is 16.5. The van der Waals surface area contributed by atoms with Gasteiger partial charge in [0.1, 0.15) is 11.5 Å². The number of ether oxygens (including phenoxy) is 1. The van der Waals surface area contributed by atoms with Crippen molar-refractivity contribution in [2.24, 2.45) is 0 Å². The van der Waals surface area contributed by atoms with Crippen LogP contribution in [0.25, 0.3) is 0 Å². The van der Waals surface area contributed by atoms with Gasteiger partial charge >= 0.3 is 0 Å². The second kappa shape index (κ2) is 9.66. The molecule has 0 saturated carbocycles. The van der Waals surface area contributed by atoms with Gasteiger partial charge in [-0.3, -0.25) is 9.69 Å². The van der Waals surface area contributed by atoms with Gasteiger partial charge in [-0.25, -0.2) is 0 Å². The molecule has 148 valence electrons. The summed E-state index contributed by atoms with van der Waals surface area (Å²) >= 11 is 0. The molecule has 3 rings (SSSR count). The van der Waals surface area contributed by atoms with Gasteiger partial charge < -0.3 is 19.0 Å². The number of carbonyl (C=O) groups is 1. The molecule has 1 aliphatic rings. The van der Waals surface area contributed by atoms with Crippen LogP contribution in [0.4, 0.5) is 0 Å². The van der Waals surface area contributed by atoms with Gasteiger partial charge in [0.05, 0.1) is 19.3 Å². The SMILES string of the molecule is CCCc1noc(CCC(=O)NCC(c2ccc(C)o2)N2CCOCC2)n1. The average molecular weight is 376 g/mol. The van der Waals surface area contributed by atoms with Crippen molar-refractivity contribution in [1.82, 2.24) is 20.4 Å². The molecule has 0 aliphatic carbocycles. The summed E-state index contributed by atoms with van der Waals surface area (Å²) in [7, 11) is 0. The minimum Gasteiger partial charge on any atom is -0.465 e. The normalized spacial score (nSPS) is 16.4. The zero-order valence-corrected chi connectivity index (χ0v) is 16.1. The van der Waals surface area contributed by atoms with Crippen LogP contribution in [0.5, 0.6) is 0 Å². The molecule has 1 aliphatic heterocycles. The second-order valence-electron chi connectivity index (χ2n) is 6.77. The van der Waals surface area contributed by atoms with Crippen LogP contribution in [-0.2, 0) is 22.4 Å². The maximum absolute atomic E-state index is 12.3. The van der Waals surface area contributed by atoms with Gasteiger partial charge in [0, 0.05) is 38.9 Å². The monoisotopic (exact) mass is 376 g/mol. The van der Waals surface area contributed by atoms with E-state index >= 15 is 0 Å². The molecule has 3 heterocycles. The van der Waals surface area contributed by atoms with Gasteiger partial charge in [-0.1, -0.05) is 12.1 Å². The van der Waals surface area contributed by atoms with Crippen LogP contribution in [0.15, 0.2) is 21.1 Å². The first-order chi connectivity index (χ1) is 13.2. The van der Waals surface area contributed by atoms with E-state index in [1.165, 1.54) is 0 Å². The Labute approximate surface area is 159 Å². The summed E-state index contributed by atoms with van der Waals surface area (Å²) in [5.41, 5.74) is 0. The van der Waals surface area contributed by atoms with E-state index in [0.29, 0.717) is 44.3 Å². The molecule has 2 aromatic heterocycles. The highest BCUT2D eigenvalue weighted by molar-refractivity contribution is 5.76. The summed E-state index contributed by atoms with van der Waals surface area (Å²) in [4.78, 5) is 18.9. The fourth-order valence-electron chi connectivity index (χ4n) is 3.17. The summed E-state index contributed by atoms with van der Waals surface area (Å²) in [5, 5.41) is 6.93. The molecule has 2 aromatic rings. The zero-order valence-electron chi connectivity index (χ0n) is 16.1. The maximum Gasteiger partial charge on any atom is 0.227 e. The number of furan rings is 1. The minimum atomic E-state index is -0.0354. The fourth-order valence-corrected chi connectivity index (χ4v) is 3.17. The highest BCUT2D eigenvalue weighted by Crippen LogP contribution is 2.23. The van der Waals surface area contributed by atoms with Crippen molar-refractivity contribution < 1.29 is 18.5 Å². The number of nitrogens with one attached hydrogen (secondary N) is 1. The topological polar surface area (TPSA) is 93.6 Å². The first-order valence-corrected chi connectivity index (χ1v) is 9.62. The van der Waals surface area contributed by atoms with E-state index in [1.807, 2.05) is 19.1 Å². The Balaban J connectivity index is 1.51. The number of carbonyl (C=O) groups excluding carboxylic acids is 1. The van der Waals surface area contributed by atoms with E-state index in [-0.39, 0.29) is 11.9 Å². The third-order valence-electron chi connectivity index (χ3n) is 4.62. The van der Waals surface area contributed by atoms with Crippen molar-refractivity contribution in [1.29, 1.82) is 0 Å². The van der Waals surface area contributed by atoms with Gasteiger partial charge in [-0.05, 0) is 25.5 Å². The third-order valence-corrected chi connectivity index (χ3v) is 4.62. The average Bonchev–Trinajstić information content (AvgIpc) is 3.30. The molecule has 8 nitrogen and oxygen atoms in total. The summed E-state index contributed by atoms with van der Waals surface area (Å²) in [5.74, 6) is 2.92. The summed E-state index contributed by atoms with van der Waals surface area (Å²) in [6.45, 7) is 7.52. The number of morpholine rings is 1. The smallest absolute Gasteiger partial charge is 0.227 e. The summed E-state index contributed by atoms with van der Waals surface area (Å²) in [6.07, 6.45) is 2.53. The van der Waals surface area contributed by atoms with Crippen LogP contribution in [-0.4, -0.2) is 53.8 Å². The second-order valence-corrected chi connectivity index (χ2v) is 6.77. The van der Waals surface area contributed by atoms with Crippen molar-refractivity contribution in [2.45, 2.75) is 45.6 Å². The van der Waals surface area contributed by atoms with Crippen molar-refractivity contribution in [3.63, 3.8) is 0 Å². The van der Waals surface area contributed by atoms with Crippen LogP contribution in [0, 0.1) is 6.92 Å². The van der Waals surface area contributed by atoms with Crippen molar-refractivity contribution >= 4 is 5.91 Å². The molecular weight excluding hydrogens is 348 g/mol. The molecule has 0 aromatic carbocycles. The number of nitrogens with zero attached hydrogens (tertiary/aromatic N) is 3. The van der Waals surface area contributed by atoms with Crippen LogP contribution in [0.2, 0.25) is 0 Å². The number of aryl methyl sites for hydroxylation is 3. The molecule has 1 fully saturated rings. The van der Waals surface area contributed by atoms with Crippen LogP contribution >= 0.6 is 0 Å². The quantitative estimate of drug-likeness (QED) is 0.716. The number of amides is 1. The first kappa shape index (κ1) is 19.6. The molecule has 1 amide bonds. The van der Waals surface area contributed by atoms with E-state index in [1.54, 1.807) is 0 Å². The third kappa shape index (κ3) is 5.64. The lowest BCUT2D eigenvalue weighted by Crippen LogP contribution is -2.43. The minimum absolute atomic E-state index is 0.00566. The van der Waals surface area contributed by atoms with Gasteiger partial charge in [0.25, 0.3) is 0 Å². The van der Waals surface area contributed by atoms with Crippen molar-refractivity contribution in [3.05, 3.63) is 35.4 Å². The van der Waals surface area contributed by atoms with E-state index in [0.717, 1.165) is 37.5 Å². The molecule has 0 spiro atoms. The molecule has 1 N–H and O–H groups in total. The number of rotatable bonds is 9. The van der Waals surface area contributed by atoms with Crippen molar-refractivity contribution in [2.75, 3.05) is 32.8 Å². The van der Waals surface area contributed by atoms with Gasteiger partial charge in [0.2, 0.25) is 11.8 Å². The Morgan fingerprint density at radius 2 is 2.11 bits per heavy atom. The van der Waals surface area contributed by atoms with E-state index in [9.17, 15) is 4.79 Å². The molecule has 8 heteroatoms. The zero-order chi connectivity index (χ0) is 19.1. The number of hydrogen-bond acceptors (Lipinski definition) is 7. The predicted molar refractivity (Wildman–Crippen MR) is 98.2 cm³/mol. The van der Waals surface area contributed by atoms with Gasteiger partial charge in [-0.2, -0.15) is 4.98 Å². The Morgan fingerprint density at radius 1 is 1.30 bits per heavy atom. The summed E-state index contributed by atoms with van der Waals surface area (Å²) < 4.78 is 16.4. The maximum atomic E-state index is 12.3. The largest absolute Gasteiger partial charge is 0.465 e. The van der Waals surface area contributed by atoms with Gasteiger partial charge in [-0.15, -0.1) is 0 Å². The van der Waals surface area contributed by atoms with E-state index < -0.39 is 0 Å². The highest BCUT2D eigenvalue weighted by Gasteiger charge is 2.25. The molecule has 1 atom stereocenters. The lowest BCUT2D eigenvalue weighted by molar-refractivity contribution is -0.121. The van der Waals surface area contributed by atoms with E-state index in [2.05, 4.69) is 27.3 Å². The van der Waals surface area contributed by atoms with Crippen LogP contribution in [0.1, 0.15) is 49.0 Å². The Hall–Kier alpha value is -2.19. The number of hydrogen-bond donors (Lipinski definition) is 1. The van der Waals surface area contributed by atoms with Crippen molar-refractivity contribution in [3.8, 4) is 0 Å². The molecule has 0 radical (unpaired) electrons. The van der Waals surface area contributed by atoms with Crippen LogP contribution in [0.3, 0.4) is 0 Å². The molecule has 1 unspecified atom stereocenters. The van der Waals surface area contributed by atoms with Gasteiger partial charge in [0.15, 0.2) is 5.82 Å². The Morgan fingerprint density at radius 3 is 2.81 bits per heavy atom. The lowest BCUT2D eigenvalue weighted by Gasteiger charge is -2.33. The Kier molecular flexibility index (Phi) is 7.00. The fraction of sp³-hybridized carbons (Fsp3) is 0.632. The Bertz CT molecular complexity index is 721. The lowest BCUT2D eigenvalue weighted by atomic mass is 10.1. The molecule has 0 bridgehead atoms. The number of aromatic nitrogens is 2. The molecular formula is C19H28N4O4. The summed E-state index contributed by atoms with van der Waals surface area (Å²) in [6, 6.07) is 3.94.